The number of halogens is 1. The summed E-state index contributed by atoms with van der Waals surface area (Å²) in [4.78, 5) is 9.23. The van der Waals surface area contributed by atoms with Gasteiger partial charge in [-0.3, -0.25) is 0 Å². The first-order valence-corrected chi connectivity index (χ1v) is 24.7. The molecule has 2 heterocycles. The predicted molar refractivity (Wildman–Crippen MR) is 301 cm³/mol. The highest BCUT2D eigenvalue weighted by Gasteiger charge is 2.32. The molecule has 0 bridgehead atoms. The molecule has 0 amide bonds. The number of fused-ring (bicyclic) bond motifs is 4. The fourth-order valence-corrected chi connectivity index (χ4v) is 10.4. The van der Waals surface area contributed by atoms with Crippen LogP contribution in [0.2, 0.25) is 5.02 Å². The van der Waals surface area contributed by atoms with Crippen molar-refractivity contribution in [1.82, 2.24) is 0 Å². The Labute approximate surface area is 430 Å². The summed E-state index contributed by atoms with van der Waals surface area (Å²) in [6.07, 6.45) is 0. The topological polar surface area (TPSA) is 31.4 Å². The molecule has 7 heteroatoms. The number of rotatable bonds is 10. The monoisotopic (exact) mass is 960 g/mol. The van der Waals surface area contributed by atoms with Gasteiger partial charge in [0.2, 0.25) is 0 Å². The van der Waals surface area contributed by atoms with Gasteiger partial charge in [0.25, 0.3) is 0 Å². The van der Waals surface area contributed by atoms with Crippen molar-refractivity contribution in [3.8, 4) is 45.3 Å². The van der Waals surface area contributed by atoms with Crippen molar-refractivity contribution in [2.24, 2.45) is 0 Å². The van der Waals surface area contributed by atoms with Gasteiger partial charge < -0.3 is 29.1 Å². The Hall–Kier alpha value is -9.49. The Balaban J connectivity index is 1.03. The molecule has 0 spiro atoms. The van der Waals surface area contributed by atoms with Gasteiger partial charge in [-0.2, -0.15) is 0 Å². The number of anilines is 12. The van der Waals surface area contributed by atoms with Crippen LogP contribution in [0.25, 0.3) is 22.3 Å². The molecule has 2 aliphatic heterocycles. The molecule has 0 radical (unpaired) electrons. The van der Waals surface area contributed by atoms with E-state index in [1.807, 2.05) is 60.7 Å². The van der Waals surface area contributed by atoms with E-state index < -0.39 is 0 Å². The molecule has 348 valence electrons. The molecular weight excluding hydrogens is 916 g/mol. The van der Waals surface area contributed by atoms with E-state index in [0.29, 0.717) is 5.02 Å². The molecule has 0 N–H and O–H groups in total. The number of ether oxygens (including phenoxy) is 2. The summed E-state index contributed by atoms with van der Waals surface area (Å²) in [5.74, 6) is 3.10. The van der Waals surface area contributed by atoms with Crippen molar-refractivity contribution in [1.29, 1.82) is 0 Å². The van der Waals surface area contributed by atoms with Gasteiger partial charge in [0.05, 0.1) is 45.5 Å². The smallest absolute Gasteiger partial charge is 0.151 e. The third-order valence-electron chi connectivity index (χ3n) is 13.4. The van der Waals surface area contributed by atoms with E-state index in [2.05, 4.69) is 232 Å². The zero-order valence-electron chi connectivity index (χ0n) is 39.5. The van der Waals surface area contributed by atoms with Gasteiger partial charge in [0, 0.05) is 27.8 Å². The van der Waals surface area contributed by atoms with Crippen molar-refractivity contribution in [3.63, 3.8) is 0 Å². The fourth-order valence-electron chi connectivity index (χ4n) is 10.2. The van der Waals surface area contributed by atoms with Crippen LogP contribution in [0.5, 0.6) is 23.0 Å². The van der Waals surface area contributed by atoms with Gasteiger partial charge in [-0.1, -0.05) is 169 Å². The predicted octanol–water partition coefficient (Wildman–Crippen LogP) is 19.8. The van der Waals surface area contributed by atoms with Crippen LogP contribution in [0.3, 0.4) is 0 Å². The molecule has 13 rings (SSSR count). The lowest BCUT2D eigenvalue weighted by Crippen LogP contribution is -2.20. The summed E-state index contributed by atoms with van der Waals surface area (Å²) < 4.78 is 13.1. The first-order chi connectivity index (χ1) is 36.1. The lowest BCUT2D eigenvalue weighted by molar-refractivity contribution is 0.477. The molecule has 2 aliphatic rings. The average molecular weight is 962 g/mol. The third kappa shape index (κ3) is 8.06. The number of para-hydroxylation sites is 12. The van der Waals surface area contributed by atoms with E-state index in [-0.39, 0.29) is 0 Å². The van der Waals surface area contributed by atoms with E-state index in [4.69, 9.17) is 21.1 Å². The Morgan fingerprint density at radius 3 is 0.904 bits per heavy atom. The minimum absolute atomic E-state index is 0.573. The summed E-state index contributed by atoms with van der Waals surface area (Å²) in [5, 5.41) is 0.573. The summed E-state index contributed by atoms with van der Waals surface area (Å²) in [7, 11) is 0. The number of benzene rings is 11. The van der Waals surface area contributed by atoms with Crippen molar-refractivity contribution in [2.45, 2.75) is 0 Å². The maximum absolute atomic E-state index is 7.54. The van der Waals surface area contributed by atoms with E-state index in [1.165, 1.54) is 0 Å². The molecule has 0 saturated carbocycles. The maximum atomic E-state index is 7.54. The van der Waals surface area contributed by atoms with Crippen LogP contribution in [0.1, 0.15) is 0 Å². The molecule has 0 atom stereocenters. The van der Waals surface area contributed by atoms with E-state index in [1.54, 1.807) is 0 Å². The molecule has 0 aliphatic carbocycles. The fraction of sp³-hybridized carbons (Fsp3) is 0. The van der Waals surface area contributed by atoms with E-state index >= 15 is 0 Å². The normalized spacial score (nSPS) is 12.1. The van der Waals surface area contributed by atoms with Crippen LogP contribution < -0.4 is 29.1 Å². The Morgan fingerprint density at radius 1 is 0.260 bits per heavy atom. The highest BCUT2D eigenvalue weighted by Crippen LogP contribution is 2.56. The Morgan fingerprint density at radius 2 is 0.548 bits per heavy atom. The van der Waals surface area contributed by atoms with Crippen LogP contribution in [-0.4, -0.2) is 0 Å². The summed E-state index contributed by atoms with van der Waals surface area (Å²) in [5.41, 5.74) is 15.7. The molecule has 0 fully saturated rings. The van der Waals surface area contributed by atoms with Crippen LogP contribution >= 0.6 is 11.6 Å². The van der Waals surface area contributed by atoms with Crippen molar-refractivity contribution < 1.29 is 9.47 Å². The SMILES string of the molecule is Clc1cc(N(c2ccc(-c3ccccc3)cc2)c2ccccc2N2c3ccccc3Oc3ccccc32)cc(N(c2ccc(-c3ccccc3)cc2)c2ccccc2N2c3ccccc3Oc3ccccc32)c1. The van der Waals surface area contributed by atoms with Gasteiger partial charge in [-0.05, 0) is 138 Å². The largest absolute Gasteiger partial charge is 0.453 e. The average Bonchev–Trinajstić information content (AvgIpc) is 3.45. The lowest BCUT2D eigenvalue weighted by Gasteiger charge is -2.37. The standard InChI is InChI=1S/C66H45ClN4O2/c67-50-43-53(68(51-39-35-48(36-40-51)46-19-3-1-4-20-46)55-23-7-9-25-57(55)70-59-27-11-15-31-63(59)72-64-32-16-12-28-60(64)70)45-54(44-50)69(52-41-37-49(38-42-52)47-21-5-2-6-22-47)56-24-8-10-26-58(56)71-61-29-13-17-33-65(61)73-66-34-18-14-30-62(66)71/h1-45H. The second-order valence-corrected chi connectivity index (χ2v) is 18.3. The molecular formula is C66H45ClN4O2. The van der Waals surface area contributed by atoms with Crippen LogP contribution in [0, 0.1) is 0 Å². The number of nitrogens with zero attached hydrogens (tertiary/aromatic N) is 4. The molecule has 0 unspecified atom stereocenters. The summed E-state index contributed by atoms with van der Waals surface area (Å²) >= 11 is 7.54. The number of hydrogen-bond donors (Lipinski definition) is 0. The van der Waals surface area contributed by atoms with Crippen LogP contribution in [0.4, 0.5) is 68.2 Å². The Kier molecular flexibility index (Phi) is 11.1. The van der Waals surface area contributed by atoms with E-state index in [0.717, 1.165) is 114 Å². The highest BCUT2D eigenvalue weighted by atomic mass is 35.5. The molecule has 11 aromatic rings. The van der Waals surface area contributed by atoms with E-state index in [9.17, 15) is 0 Å². The summed E-state index contributed by atoms with van der Waals surface area (Å²) in [6, 6.07) is 94.9. The van der Waals surface area contributed by atoms with Crippen LogP contribution in [0.15, 0.2) is 273 Å². The lowest BCUT2D eigenvalue weighted by atomic mass is 10.0. The van der Waals surface area contributed by atoms with Gasteiger partial charge >= 0.3 is 0 Å². The second kappa shape index (κ2) is 18.7. The van der Waals surface area contributed by atoms with Gasteiger partial charge in [-0.15, -0.1) is 0 Å². The molecule has 11 aromatic carbocycles. The van der Waals surface area contributed by atoms with Gasteiger partial charge in [0.1, 0.15) is 0 Å². The minimum atomic E-state index is 0.573. The summed E-state index contributed by atoms with van der Waals surface area (Å²) in [6.45, 7) is 0. The zero-order chi connectivity index (χ0) is 48.7. The first-order valence-electron chi connectivity index (χ1n) is 24.3. The van der Waals surface area contributed by atoms with Crippen molar-refractivity contribution >= 4 is 79.8 Å². The van der Waals surface area contributed by atoms with Gasteiger partial charge in [0.15, 0.2) is 23.0 Å². The quantitative estimate of drug-likeness (QED) is 0.136. The van der Waals surface area contributed by atoms with Crippen LogP contribution in [-0.2, 0) is 0 Å². The molecule has 6 nitrogen and oxygen atoms in total. The second-order valence-electron chi connectivity index (χ2n) is 17.9. The third-order valence-corrected chi connectivity index (χ3v) is 13.7. The maximum Gasteiger partial charge on any atom is 0.151 e. The Bertz CT molecular complexity index is 3460. The van der Waals surface area contributed by atoms with Crippen molar-refractivity contribution in [3.05, 3.63) is 278 Å². The first kappa shape index (κ1) is 43.5. The highest BCUT2D eigenvalue weighted by molar-refractivity contribution is 6.31. The minimum Gasteiger partial charge on any atom is -0.453 e. The van der Waals surface area contributed by atoms with Gasteiger partial charge in [-0.25, -0.2) is 0 Å². The molecule has 73 heavy (non-hydrogen) atoms. The number of hydrogen-bond acceptors (Lipinski definition) is 6. The zero-order valence-corrected chi connectivity index (χ0v) is 40.2. The molecule has 0 saturated heterocycles. The van der Waals surface area contributed by atoms with Crippen molar-refractivity contribution in [2.75, 3.05) is 19.6 Å². The molecule has 0 aromatic heterocycles.